The summed E-state index contributed by atoms with van der Waals surface area (Å²) in [6.45, 7) is 1.88. The van der Waals surface area contributed by atoms with Gasteiger partial charge in [0.15, 0.2) is 0 Å². The standard InChI is InChI=1S/C13H17BrClNO/c14-11-3-2-10(12(15)8-11)9-13(17)4-1-6-16-7-5-13/h2-3,8,16-17H,1,4-7,9H2. The molecule has 0 saturated carbocycles. The number of hydrogen-bond donors (Lipinski definition) is 2. The molecule has 17 heavy (non-hydrogen) atoms. The third-order valence-electron chi connectivity index (χ3n) is 3.30. The quantitative estimate of drug-likeness (QED) is 0.878. The topological polar surface area (TPSA) is 32.3 Å². The molecule has 1 aromatic rings. The van der Waals surface area contributed by atoms with Gasteiger partial charge in [-0.05, 0) is 50.0 Å². The third-order valence-corrected chi connectivity index (χ3v) is 4.14. The van der Waals surface area contributed by atoms with Crippen LogP contribution in [0.25, 0.3) is 0 Å². The Morgan fingerprint density at radius 1 is 1.35 bits per heavy atom. The van der Waals surface area contributed by atoms with E-state index in [9.17, 15) is 5.11 Å². The van der Waals surface area contributed by atoms with Gasteiger partial charge in [-0.25, -0.2) is 0 Å². The molecule has 2 nitrogen and oxygen atoms in total. The molecular formula is C13H17BrClNO. The average molecular weight is 319 g/mol. The van der Waals surface area contributed by atoms with Crippen molar-refractivity contribution in [3.8, 4) is 0 Å². The molecule has 0 aromatic heterocycles. The van der Waals surface area contributed by atoms with Gasteiger partial charge in [0.1, 0.15) is 0 Å². The zero-order chi connectivity index (χ0) is 12.3. The Labute approximate surface area is 115 Å². The summed E-state index contributed by atoms with van der Waals surface area (Å²) in [4.78, 5) is 0. The molecular weight excluding hydrogens is 302 g/mol. The maximum atomic E-state index is 10.6. The van der Waals surface area contributed by atoms with Crippen LogP contribution in [-0.4, -0.2) is 23.8 Å². The highest BCUT2D eigenvalue weighted by Gasteiger charge is 2.28. The molecule has 0 bridgehead atoms. The van der Waals surface area contributed by atoms with Crippen molar-refractivity contribution in [3.63, 3.8) is 0 Å². The number of nitrogens with one attached hydrogen (secondary N) is 1. The van der Waals surface area contributed by atoms with E-state index in [2.05, 4.69) is 21.2 Å². The molecule has 0 spiro atoms. The van der Waals surface area contributed by atoms with E-state index in [1.165, 1.54) is 0 Å². The molecule has 4 heteroatoms. The fraction of sp³-hybridized carbons (Fsp3) is 0.538. The van der Waals surface area contributed by atoms with Gasteiger partial charge < -0.3 is 10.4 Å². The Morgan fingerprint density at radius 2 is 2.18 bits per heavy atom. The van der Waals surface area contributed by atoms with Crippen LogP contribution in [0.5, 0.6) is 0 Å². The molecule has 1 unspecified atom stereocenters. The van der Waals surface area contributed by atoms with Crippen LogP contribution in [-0.2, 0) is 6.42 Å². The number of benzene rings is 1. The molecule has 1 fully saturated rings. The van der Waals surface area contributed by atoms with E-state index < -0.39 is 5.60 Å². The molecule has 2 N–H and O–H groups in total. The van der Waals surface area contributed by atoms with Gasteiger partial charge in [0.2, 0.25) is 0 Å². The normalized spacial score (nSPS) is 25.6. The van der Waals surface area contributed by atoms with Crippen LogP contribution in [0.3, 0.4) is 0 Å². The lowest BCUT2D eigenvalue weighted by Gasteiger charge is -2.26. The molecule has 0 amide bonds. The number of hydrogen-bond acceptors (Lipinski definition) is 2. The van der Waals surface area contributed by atoms with Crippen molar-refractivity contribution >= 4 is 27.5 Å². The second-order valence-electron chi connectivity index (χ2n) is 4.74. The van der Waals surface area contributed by atoms with Crippen LogP contribution in [0.1, 0.15) is 24.8 Å². The first-order valence-corrected chi connectivity index (χ1v) is 7.13. The zero-order valence-electron chi connectivity index (χ0n) is 9.68. The molecule has 1 aliphatic rings. The fourth-order valence-corrected chi connectivity index (χ4v) is 3.05. The van der Waals surface area contributed by atoms with E-state index in [0.717, 1.165) is 47.4 Å². The molecule has 2 rings (SSSR count). The van der Waals surface area contributed by atoms with Crippen LogP contribution in [0.2, 0.25) is 5.02 Å². The molecule has 94 valence electrons. The lowest BCUT2D eigenvalue weighted by molar-refractivity contribution is 0.0285. The lowest BCUT2D eigenvalue weighted by Crippen LogP contribution is -2.32. The minimum atomic E-state index is -0.610. The van der Waals surface area contributed by atoms with Crippen molar-refractivity contribution in [2.75, 3.05) is 13.1 Å². The first-order valence-electron chi connectivity index (χ1n) is 5.96. The van der Waals surface area contributed by atoms with Gasteiger partial charge in [0.25, 0.3) is 0 Å². The Morgan fingerprint density at radius 3 is 2.94 bits per heavy atom. The van der Waals surface area contributed by atoms with Gasteiger partial charge in [-0.3, -0.25) is 0 Å². The number of halogens is 2. The second-order valence-corrected chi connectivity index (χ2v) is 6.06. The van der Waals surface area contributed by atoms with E-state index in [1.54, 1.807) is 0 Å². The van der Waals surface area contributed by atoms with Crippen molar-refractivity contribution < 1.29 is 5.11 Å². The van der Waals surface area contributed by atoms with Gasteiger partial charge >= 0.3 is 0 Å². The minimum absolute atomic E-state index is 0.610. The molecule has 1 atom stereocenters. The monoisotopic (exact) mass is 317 g/mol. The summed E-state index contributed by atoms with van der Waals surface area (Å²) in [6.07, 6.45) is 3.29. The van der Waals surface area contributed by atoms with Gasteiger partial charge in [-0.15, -0.1) is 0 Å². The predicted molar refractivity (Wildman–Crippen MR) is 74.5 cm³/mol. The average Bonchev–Trinajstić information content (AvgIpc) is 2.48. The van der Waals surface area contributed by atoms with E-state index in [1.807, 2.05) is 18.2 Å². The summed E-state index contributed by atoms with van der Waals surface area (Å²) >= 11 is 9.59. The van der Waals surface area contributed by atoms with E-state index in [4.69, 9.17) is 11.6 Å². The number of aliphatic hydroxyl groups is 1. The summed E-state index contributed by atoms with van der Waals surface area (Å²) in [5.41, 5.74) is 0.417. The maximum Gasteiger partial charge on any atom is 0.0701 e. The highest BCUT2D eigenvalue weighted by molar-refractivity contribution is 9.10. The summed E-state index contributed by atoms with van der Waals surface area (Å²) < 4.78 is 0.973. The van der Waals surface area contributed by atoms with Gasteiger partial charge in [0, 0.05) is 15.9 Å². The van der Waals surface area contributed by atoms with Crippen molar-refractivity contribution in [1.29, 1.82) is 0 Å². The summed E-state index contributed by atoms with van der Waals surface area (Å²) in [5.74, 6) is 0. The summed E-state index contributed by atoms with van der Waals surface area (Å²) in [7, 11) is 0. The Kier molecular flexibility index (Phi) is 4.47. The van der Waals surface area contributed by atoms with Gasteiger partial charge in [-0.1, -0.05) is 33.6 Å². The van der Waals surface area contributed by atoms with E-state index >= 15 is 0 Å². The Bertz CT molecular complexity index is 389. The van der Waals surface area contributed by atoms with Crippen molar-refractivity contribution in [1.82, 2.24) is 5.32 Å². The maximum absolute atomic E-state index is 10.6. The van der Waals surface area contributed by atoms with Crippen LogP contribution in [0.15, 0.2) is 22.7 Å². The van der Waals surface area contributed by atoms with Gasteiger partial charge in [-0.2, -0.15) is 0 Å². The molecule has 1 aromatic carbocycles. The second kappa shape index (κ2) is 5.70. The molecule has 0 aliphatic carbocycles. The smallest absolute Gasteiger partial charge is 0.0701 e. The summed E-state index contributed by atoms with van der Waals surface area (Å²) in [6, 6.07) is 5.84. The number of rotatable bonds is 2. The van der Waals surface area contributed by atoms with Crippen molar-refractivity contribution in [2.24, 2.45) is 0 Å². The van der Waals surface area contributed by atoms with Gasteiger partial charge in [0.05, 0.1) is 5.60 Å². The van der Waals surface area contributed by atoms with E-state index in [-0.39, 0.29) is 0 Å². The highest BCUT2D eigenvalue weighted by Crippen LogP contribution is 2.29. The highest BCUT2D eigenvalue weighted by atomic mass is 79.9. The van der Waals surface area contributed by atoms with Crippen LogP contribution in [0, 0.1) is 0 Å². The molecule has 1 heterocycles. The van der Waals surface area contributed by atoms with Crippen LogP contribution in [0.4, 0.5) is 0 Å². The first kappa shape index (κ1) is 13.3. The Balaban J connectivity index is 2.12. The Hall–Kier alpha value is -0.0900. The zero-order valence-corrected chi connectivity index (χ0v) is 12.0. The molecule has 1 aliphatic heterocycles. The summed E-state index contributed by atoms with van der Waals surface area (Å²) in [5, 5.41) is 14.6. The largest absolute Gasteiger partial charge is 0.389 e. The van der Waals surface area contributed by atoms with Crippen molar-refractivity contribution in [2.45, 2.75) is 31.3 Å². The predicted octanol–water partition coefficient (Wildman–Crippen LogP) is 3.15. The lowest BCUT2D eigenvalue weighted by atomic mass is 9.88. The SMILES string of the molecule is OC1(Cc2ccc(Br)cc2Cl)CCCNCC1. The van der Waals surface area contributed by atoms with Crippen LogP contribution >= 0.6 is 27.5 Å². The molecule has 0 radical (unpaired) electrons. The van der Waals surface area contributed by atoms with Crippen molar-refractivity contribution in [3.05, 3.63) is 33.3 Å². The first-order chi connectivity index (χ1) is 8.09. The minimum Gasteiger partial charge on any atom is -0.389 e. The third kappa shape index (κ3) is 3.68. The van der Waals surface area contributed by atoms with E-state index in [0.29, 0.717) is 6.42 Å². The fourth-order valence-electron chi connectivity index (χ4n) is 2.31. The molecule has 1 saturated heterocycles. The van der Waals surface area contributed by atoms with Crippen LogP contribution < -0.4 is 5.32 Å².